The number of hydrogen-bond donors (Lipinski definition) is 1. The minimum absolute atomic E-state index is 0.211. The molecule has 0 heterocycles. The summed E-state index contributed by atoms with van der Waals surface area (Å²) in [6, 6.07) is 3.91. The molecule has 1 aromatic rings. The number of nitrogens with one attached hydrogen (secondary N) is 1. The molecule has 0 aromatic heterocycles. The highest BCUT2D eigenvalue weighted by molar-refractivity contribution is 5.24. The van der Waals surface area contributed by atoms with E-state index in [1.807, 2.05) is 0 Å². The Morgan fingerprint density at radius 2 is 1.50 bits per heavy atom. The summed E-state index contributed by atoms with van der Waals surface area (Å²) in [5.74, 6) is 0.912. The molecule has 1 unspecified atom stereocenters. The molecule has 1 aromatic carbocycles. The average molecular weight is 281 g/mol. The van der Waals surface area contributed by atoms with Gasteiger partial charge in [0.2, 0.25) is 0 Å². The first-order valence-corrected chi connectivity index (χ1v) is 7.65. The van der Waals surface area contributed by atoms with Crippen LogP contribution in [0.1, 0.15) is 51.1 Å². The maximum atomic E-state index is 14.0. The molecule has 1 aliphatic carbocycles. The van der Waals surface area contributed by atoms with Crippen LogP contribution in [0.3, 0.4) is 0 Å². The van der Waals surface area contributed by atoms with Crippen molar-refractivity contribution >= 4 is 0 Å². The van der Waals surface area contributed by atoms with E-state index in [2.05, 4.69) is 19.2 Å². The second-order valence-corrected chi connectivity index (χ2v) is 6.32. The van der Waals surface area contributed by atoms with Gasteiger partial charge in [0, 0.05) is 11.6 Å². The molecule has 0 amide bonds. The maximum absolute atomic E-state index is 14.0. The van der Waals surface area contributed by atoms with Crippen LogP contribution in [0.2, 0.25) is 0 Å². The van der Waals surface area contributed by atoms with Crippen LogP contribution in [0.5, 0.6) is 0 Å². The van der Waals surface area contributed by atoms with E-state index in [1.54, 1.807) is 7.05 Å². The van der Waals surface area contributed by atoms with Gasteiger partial charge < -0.3 is 5.32 Å². The molecule has 1 saturated carbocycles. The van der Waals surface area contributed by atoms with E-state index in [4.69, 9.17) is 0 Å². The minimum Gasteiger partial charge on any atom is -0.313 e. The Balaban J connectivity index is 2.14. The second kappa shape index (κ2) is 6.66. The van der Waals surface area contributed by atoms with Crippen molar-refractivity contribution in [3.8, 4) is 0 Å². The summed E-state index contributed by atoms with van der Waals surface area (Å²) in [4.78, 5) is 0. The lowest BCUT2D eigenvalue weighted by Crippen LogP contribution is -2.31. The Labute approximate surface area is 120 Å². The van der Waals surface area contributed by atoms with Crippen LogP contribution in [0.25, 0.3) is 0 Å². The van der Waals surface area contributed by atoms with Gasteiger partial charge in [-0.05, 0) is 62.6 Å². The van der Waals surface area contributed by atoms with E-state index in [1.165, 1.54) is 18.2 Å². The molecule has 0 spiro atoms. The fraction of sp³-hybridized carbons (Fsp3) is 0.647. The predicted octanol–water partition coefficient (Wildman–Crippen LogP) is 4.69. The van der Waals surface area contributed by atoms with Gasteiger partial charge >= 0.3 is 0 Å². The molecule has 20 heavy (non-hydrogen) atoms. The van der Waals surface area contributed by atoms with Crippen LogP contribution in [0, 0.1) is 29.4 Å². The molecule has 1 aliphatic rings. The van der Waals surface area contributed by atoms with Crippen molar-refractivity contribution in [1.29, 1.82) is 0 Å². The van der Waals surface area contributed by atoms with Gasteiger partial charge in [-0.2, -0.15) is 0 Å². The van der Waals surface area contributed by atoms with Gasteiger partial charge in [-0.15, -0.1) is 0 Å². The number of rotatable bonds is 4. The topological polar surface area (TPSA) is 12.0 Å². The molecular formula is C17H25F2N. The van der Waals surface area contributed by atoms with Gasteiger partial charge in [0.25, 0.3) is 0 Å². The monoisotopic (exact) mass is 281 g/mol. The number of hydrogen-bond acceptors (Lipinski definition) is 1. The normalized spacial score (nSPS) is 24.9. The third kappa shape index (κ3) is 3.20. The molecule has 2 rings (SSSR count). The predicted molar refractivity (Wildman–Crippen MR) is 78.4 cm³/mol. The van der Waals surface area contributed by atoms with Gasteiger partial charge in [-0.1, -0.05) is 19.9 Å². The fourth-order valence-corrected chi connectivity index (χ4v) is 3.57. The van der Waals surface area contributed by atoms with Crippen LogP contribution >= 0.6 is 0 Å². The molecule has 1 N–H and O–H groups in total. The number of benzene rings is 1. The van der Waals surface area contributed by atoms with Crippen molar-refractivity contribution in [2.24, 2.45) is 17.8 Å². The van der Waals surface area contributed by atoms with E-state index in [0.29, 0.717) is 11.8 Å². The van der Waals surface area contributed by atoms with Gasteiger partial charge in [0.05, 0.1) is 0 Å². The summed E-state index contributed by atoms with van der Waals surface area (Å²) >= 11 is 0. The SMILES string of the molecule is CNC(c1c(F)cccc1F)C1CCC(C(C)C)CC1. The van der Waals surface area contributed by atoms with Crippen LogP contribution in [0.4, 0.5) is 8.78 Å². The van der Waals surface area contributed by atoms with Crippen LogP contribution in [-0.2, 0) is 0 Å². The fourth-order valence-electron chi connectivity index (χ4n) is 3.57. The highest BCUT2D eigenvalue weighted by Crippen LogP contribution is 2.40. The van der Waals surface area contributed by atoms with Gasteiger partial charge in [0.1, 0.15) is 11.6 Å². The summed E-state index contributed by atoms with van der Waals surface area (Å²) in [6.07, 6.45) is 4.41. The second-order valence-electron chi connectivity index (χ2n) is 6.32. The zero-order chi connectivity index (χ0) is 14.7. The molecule has 1 nitrogen and oxygen atoms in total. The van der Waals surface area contributed by atoms with Crippen molar-refractivity contribution in [2.45, 2.75) is 45.6 Å². The van der Waals surface area contributed by atoms with Crippen molar-refractivity contribution in [1.82, 2.24) is 5.32 Å². The summed E-state index contributed by atoms with van der Waals surface area (Å²) in [5, 5.41) is 3.13. The van der Waals surface area contributed by atoms with Crippen molar-refractivity contribution < 1.29 is 8.78 Å². The van der Waals surface area contributed by atoms with Gasteiger partial charge in [-0.25, -0.2) is 8.78 Å². The smallest absolute Gasteiger partial charge is 0.130 e. The van der Waals surface area contributed by atoms with Crippen LogP contribution in [0.15, 0.2) is 18.2 Å². The Morgan fingerprint density at radius 3 is 1.95 bits per heavy atom. The van der Waals surface area contributed by atoms with Crippen molar-refractivity contribution in [2.75, 3.05) is 7.05 Å². The number of halogens is 2. The summed E-state index contributed by atoms with van der Waals surface area (Å²) in [5.41, 5.74) is 0.211. The highest BCUT2D eigenvalue weighted by Gasteiger charge is 2.31. The van der Waals surface area contributed by atoms with E-state index >= 15 is 0 Å². The average Bonchev–Trinajstić information content (AvgIpc) is 2.43. The lowest BCUT2D eigenvalue weighted by atomic mass is 9.73. The maximum Gasteiger partial charge on any atom is 0.130 e. The Hall–Kier alpha value is -0.960. The molecule has 112 valence electrons. The Morgan fingerprint density at radius 1 is 1.00 bits per heavy atom. The largest absolute Gasteiger partial charge is 0.313 e. The minimum atomic E-state index is -0.435. The molecule has 0 bridgehead atoms. The summed E-state index contributed by atoms with van der Waals surface area (Å²) in [7, 11) is 1.80. The zero-order valence-electron chi connectivity index (χ0n) is 12.6. The zero-order valence-corrected chi connectivity index (χ0v) is 12.6. The highest BCUT2D eigenvalue weighted by atomic mass is 19.1. The first kappa shape index (κ1) is 15.4. The summed E-state index contributed by atoms with van der Waals surface area (Å²) in [6.45, 7) is 4.52. The van der Waals surface area contributed by atoms with Crippen LogP contribution in [-0.4, -0.2) is 7.05 Å². The molecule has 3 heteroatoms. The van der Waals surface area contributed by atoms with E-state index < -0.39 is 11.6 Å². The molecular weight excluding hydrogens is 256 g/mol. The molecule has 0 aliphatic heterocycles. The lowest BCUT2D eigenvalue weighted by molar-refractivity contribution is 0.189. The third-order valence-corrected chi connectivity index (χ3v) is 4.85. The van der Waals surface area contributed by atoms with Crippen molar-refractivity contribution in [3.05, 3.63) is 35.4 Å². The summed E-state index contributed by atoms with van der Waals surface area (Å²) < 4.78 is 27.9. The molecule has 1 atom stereocenters. The lowest BCUT2D eigenvalue weighted by Gasteiger charge is -2.35. The van der Waals surface area contributed by atoms with Gasteiger partial charge in [-0.3, -0.25) is 0 Å². The van der Waals surface area contributed by atoms with Crippen molar-refractivity contribution in [3.63, 3.8) is 0 Å². The first-order chi connectivity index (χ1) is 9.54. The van der Waals surface area contributed by atoms with Gasteiger partial charge in [0.15, 0.2) is 0 Å². The third-order valence-electron chi connectivity index (χ3n) is 4.85. The van der Waals surface area contributed by atoms with E-state index in [-0.39, 0.29) is 11.6 Å². The first-order valence-electron chi connectivity index (χ1n) is 7.65. The molecule has 0 radical (unpaired) electrons. The Kier molecular flexibility index (Phi) is 5.14. The van der Waals surface area contributed by atoms with E-state index in [0.717, 1.165) is 31.6 Å². The quantitative estimate of drug-likeness (QED) is 0.844. The standard InChI is InChI=1S/C17H25F2N/c1-11(2)12-7-9-13(10-8-12)17(20-3)16-14(18)5-4-6-15(16)19/h4-6,11-13,17,20H,7-10H2,1-3H3. The Bertz CT molecular complexity index is 416. The van der Waals surface area contributed by atoms with E-state index in [9.17, 15) is 8.78 Å². The van der Waals surface area contributed by atoms with Crippen LogP contribution < -0.4 is 5.32 Å². The molecule has 0 saturated heterocycles. The molecule has 1 fully saturated rings.